The van der Waals surface area contributed by atoms with Crippen molar-refractivity contribution in [2.75, 3.05) is 17.2 Å². The van der Waals surface area contributed by atoms with Crippen molar-refractivity contribution in [1.82, 2.24) is 9.88 Å². The van der Waals surface area contributed by atoms with Crippen LogP contribution in [-0.2, 0) is 14.4 Å². The molecule has 0 bridgehead atoms. The second kappa shape index (κ2) is 10.7. The molecule has 186 valence electrons. The zero-order chi connectivity index (χ0) is 25.8. The second-order valence-electron chi connectivity index (χ2n) is 8.43. The molecule has 3 atom stereocenters. The lowest BCUT2D eigenvalue weighted by Crippen LogP contribution is -2.28. The van der Waals surface area contributed by atoms with E-state index in [1.165, 1.54) is 29.0 Å². The number of benzene rings is 2. The van der Waals surface area contributed by atoms with Gasteiger partial charge in [0.2, 0.25) is 17.7 Å². The fourth-order valence-electron chi connectivity index (χ4n) is 4.03. The van der Waals surface area contributed by atoms with Gasteiger partial charge in [-0.2, -0.15) is 0 Å². The Morgan fingerprint density at radius 2 is 1.58 bits per heavy atom. The van der Waals surface area contributed by atoms with E-state index >= 15 is 0 Å². The Morgan fingerprint density at radius 3 is 2.22 bits per heavy atom. The molecule has 36 heavy (non-hydrogen) atoms. The van der Waals surface area contributed by atoms with Crippen molar-refractivity contribution in [2.24, 2.45) is 17.8 Å². The van der Waals surface area contributed by atoms with Crippen molar-refractivity contribution in [3.05, 3.63) is 88.1 Å². The molecule has 3 N–H and O–H groups in total. The molecule has 10 heteroatoms. The van der Waals surface area contributed by atoms with Crippen LogP contribution in [0.5, 0.6) is 0 Å². The Labute approximate surface area is 211 Å². The molecule has 0 spiro atoms. The molecule has 3 aromatic rings. The summed E-state index contributed by atoms with van der Waals surface area (Å²) in [4.78, 5) is 50.6. The number of rotatable bonds is 8. The van der Waals surface area contributed by atoms with Crippen molar-refractivity contribution < 1.29 is 18.8 Å². The van der Waals surface area contributed by atoms with Crippen LogP contribution >= 0.6 is 11.6 Å². The van der Waals surface area contributed by atoms with Crippen molar-refractivity contribution >= 4 is 40.7 Å². The average Bonchev–Trinajstić information content (AvgIpc) is 3.62. The van der Waals surface area contributed by atoms with Crippen LogP contribution in [0.15, 0.2) is 71.7 Å². The summed E-state index contributed by atoms with van der Waals surface area (Å²) in [7, 11) is 0. The first-order valence-electron chi connectivity index (χ1n) is 11.4. The first-order chi connectivity index (χ1) is 17.3. The molecule has 1 aromatic heterocycles. The Kier molecular flexibility index (Phi) is 7.49. The van der Waals surface area contributed by atoms with Crippen molar-refractivity contribution in [3.8, 4) is 5.69 Å². The van der Waals surface area contributed by atoms with Crippen molar-refractivity contribution in [2.45, 2.75) is 13.3 Å². The van der Waals surface area contributed by atoms with Gasteiger partial charge in [-0.3, -0.25) is 23.7 Å². The second-order valence-corrected chi connectivity index (χ2v) is 8.86. The summed E-state index contributed by atoms with van der Waals surface area (Å²) < 4.78 is 16.1. The van der Waals surface area contributed by atoms with Crippen LogP contribution in [0.2, 0.25) is 5.02 Å². The van der Waals surface area contributed by atoms with Gasteiger partial charge in [-0.05, 0) is 48.9 Å². The number of nitrogens with one attached hydrogen (secondary N) is 3. The van der Waals surface area contributed by atoms with Gasteiger partial charge in [0.05, 0.1) is 29.1 Å². The molecule has 0 saturated heterocycles. The predicted molar refractivity (Wildman–Crippen MR) is 134 cm³/mol. The zero-order valence-electron chi connectivity index (χ0n) is 19.3. The smallest absolute Gasteiger partial charge is 0.255 e. The fraction of sp³-hybridized carbons (Fsp3) is 0.231. The van der Waals surface area contributed by atoms with Gasteiger partial charge in [-0.25, -0.2) is 4.39 Å². The molecule has 0 radical (unpaired) electrons. The van der Waals surface area contributed by atoms with Crippen LogP contribution in [0.25, 0.3) is 5.69 Å². The normalized spacial score (nSPS) is 18.2. The molecule has 1 aliphatic carbocycles. The highest BCUT2D eigenvalue weighted by molar-refractivity contribution is 6.30. The third-order valence-electron chi connectivity index (χ3n) is 5.90. The lowest BCUT2D eigenvalue weighted by atomic mass is 10.2. The molecule has 1 fully saturated rings. The summed E-state index contributed by atoms with van der Waals surface area (Å²) in [6.45, 7) is 2.29. The number of hydrogen-bond donors (Lipinski definition) is 3. The minimum absolute atomic E-state index is 0.121. The van der Waals surface area contributed by atoms with Crippen LogP contribution in [0.4, 0.5) is 15.8 Å². The van der Waals surface area contributed by atoms with E-state index in [1.54, 1.807) is 36.4 Å². The minimum atomic E-state index is -0.968. The first kappa shape index (κ1) is 25.1. The molecule has 0 aliphatic heterocycles. The quantitative estimate of drug-likeness (QED) is 0.430. The van der Waals surface area contributed by atoms with Crippen LogP contribution in [0.3, 0.4) is 0 Å². The van der Waals surface area contributed by atoms with Gasteiger partial charge >= 0.3 is 0 Å². The van der Waals surface area contributed by atoms with E-state index in [0.717, 1.165) is 6.07 Å². The SMILES string of the molecule is CCCNC(=O)C1[C@@H](C(=O)Nc2ccc(-n3ccccc3=O)cc2F)[C@H]1C(=O)Nc1ccc(Cl)cc1. The Hall–Kier alpha value is -3.98. The molecule has 8 nitrogen and oxygen atoms in total. The molecular formula is C26H24ClFN4O4. The largest absolute Gasteiger partial charge is 0.356 e. The van der Waals surface area contributed by atoms with Gasteiger partial charge in [0.1, 0.15) is 5.82 Å². The number of nitrogens with zero attached hydrogens (tertiary/aromatic N) is 1. The Morgan fingerprint density at radius 1 is 0.917 bits per heavy atom. The highest BCUT2D eigenvalue weighted by Crippen LogP contribution is 2.48. The lowest BCUT2D eigenvalue weighted by Gasteiger charge is -2.10. The maximum absolute atomic E-state index is 14.8. The van der Waals surface area contributed by atoms with Gasteiger partial charge in [0.25, 0.3) is 5.56 Å². The van der Waals surface area contributed by atoms with E-state index in [1.807, 2.05) is 6.92 Å². The molecule has 2 aromatic carbocycles. The number of pyridine rings is 1. The number of carbonyl (C=O) groups excluding carboxylic acids is 3. The van der Waals surface area contributed by atoms with E-state index < -0.39 is 41.3 Å². The number of aromatic nitrogens is 1. The van der Waals surface area contributed by atoms with Crippen LogP contribution in [0, 0.1) is 23.6 Å². The summed E-state index contributed by atoms with van der Waals surface area (Å²) in [5.41, 5.74) is 0.312. The Bertz CT molecular complexity index is 1360. The van der Waals surface area contributed by atoms with Crippen LogP contribution < -0.4 is 21.5 Å². The summed E-state index contributed by atoms with van der Waals surface area (Å²) in [6, 6.07) is 14.9. The molecule has 3 amide bonds. The summed E-state index contributed by atoms with van der Waals surface area (Å²) in [6.07, 6.45) is 2.20. The third kappa shape index (κ3) is 5.46. The van der Waals surface area contributed by atoms with E-state index in [-0.39, 0.29) is 11.2 Å². The van der Waals surface area contributed by atoms with E-state index in [2.05, 4.69) is 16.0 Å². The zero-order valence-corrected chi connectivity index (χ0v) is 20.1. The first-order valence-corrected chi connectivity index (χ1v) is 11.8. The van der Waals surface area contributed by atoms with Gasteiger partial charge in [-0.1, -0.05) is 24.6 Å². The Balaban J connectivity index is 1.51. The van der Waals surface area contributed by atoms with Gasteiger partial charge < -0.3 is 16.0 Å². The highest BCUT2D eigenvalue weighted by Gasteiger charge is 2.62. The molecule has 4 rings (SSSR count). The van der Waals surface area contributed by atoms with Crippen LogP contribution in [0.1, 0.15) is 13.3 Å². The molecular weight excluding hydrogens is 487 g/mol. The number of carbonyl (C=O) groups is 3. The number of amides is 3. The lowest BCUT2D eigenvalue weighted by molar-refractivity contribution is -0.125. The van der Waals surface area contributed by atoms with E-state index in [0.29, 0.717) is 29.4 Å². The number of hydrogen-bond acceptors (Lipinski definition) is 4. The minimum Gasteiger partial charge on any atom is -0.356 e. The monoisotopic (exact) mass is 510 g/mol. The predicted octanol–water partition coefficient (Wildman–Crippen LogP) is 3.60. The maximum atomic E-state index is 14.8. The van der Waals surface area contributed by atoms with Crippen LogP contribution in [-0.4, -0.2) is 28.8 Å². The molecule has 1 heterocycles. The standard InChI is InChI=1S/C26H24ClFN4O4/c1-2-12-29-24(34)21-22(25(35)30-16-8-6-15(27)7-9-16)23(21)26(36)31-19-11-10-17(14-18(19)28)32-13-4-3-5-20(32)33/h3-11,13-14,21-23H,2,12H2,1H3,(H,29,34)(H,30,35)(H,31,36)/t21?,22-,23+/m0/s1. The highest BCUT2D eigenvalue weighted by atomic mass is 35.5. The molecule has 1 aliphatic rings. The van der Waals surface area contributed by atoms with Gasteiger partial charge in [0.15, 0.2) is 0 Å². The fourth-order valence-corrected chi connectivity index (χ4v) is 4.15. The number of halogens is 2. The molecule has 1 saturated carbocycles. The summed E-state index contributed by atoms with van der Waals surface area (Å²) >= 11 is 5.88. The maximum Gasteiger partial charge on any atom is 0.255 e. The van der Waals surface area contributed by atoms with E-state index in [9.17, 15) is 23.6 Å². The number of anilines is 2. The topological polar surface area (TPSA) is 109 Å². The third-order valence-corrected chi connectivity index (χ3v) is 6.15. The van der Waals surface area contributed by atoms with Gasteiger partial charge in [-0.15, -0.1) is 0 Å². The van der Waals surface area contributed by atoms with E-state index in [4.69, 9.17) is 11.6 Å². The summed E-state index contributed by atoms with van der Waals surface area (Å²) in [5, 5.41) is 8.40. The van der Waals surface area contributed by atoms with Crippen molar-refractivity contribution in [3.63, 3.8) is 0 Å². The van der Waals surface area contributed by atoms with Gasteiger partial charge in [0, 0.05) is 35.6 Å². The average molecular weight is 511 g/mol. The van der Waals surface area contributed by atoms with Crippen molar-refractivity contribution in [1.29, 1.82) is 0 Å². The molecule has 1 unspecified atom stereocenters. The summed E-state index contributed by atoms with van der Waals surface area (Å²) in [5.74, 6) is -5.07.